The fraction of sp³-hybridized carbons (Fsp3) is 0.188. The van der Waals surface area contributed by atoms with Crippen LogP contribution in [0.3, 0.4) is 0 Å². The van der Waals surface area contributed by atoms with Crippen LogP contribution in [0.15, 0.2) is 53.0 Å². The molecule has 2 aromatic carbocycles. The van der Waals surface area contributed by atoms with Crippen LogP contribution in [0, 0.1) is 6.92 Å². The quantitative estimate of drug-likeness (QED) is 0.912. The summed E-state index contributed by atoms with van der Waals surface area (Å²) in [7, 11) is 0. The Morgan fingerprint density at radius 1 is 1.20 bits per heavy atom. The van der Waals surface area contributed by atoms with Crippen LogP contribution in [0.5, 0.6) is 5.75 Å². The van der Waals surface area contributed by atoms with E-state index in [0.717, 1.165) is 15.7 Å². The van der Waals surface area contributed by atoms with E-state index in [1.807, 2.05) is 55.5 Å². The van der Waals surface area contributed by atoms with E-state index in [9.17, 15) is 4.79 Å². The summed E-state index contributed by atoms with van der Waals surface area (Å²) in [5.41, 5.74) is 1.83. The largest absolute Gasteiger partial charge is 0.481 e. The lowest BCUT2D eigenvalue weighted by molar-refractivity contribution is -0.122. The zero-order valence-corrected chi connectivity index (χ0v) is 13.0. The second-order valence-electron chi connectivity index (χ2n) is 4.53. The maximum Gasteiger partial charge on any atom is 0.265 e. The number of hydrogen-bond acceptors (Lipinski definition) is 2. The van der Waals surface area contributed by atoms with Crippen molar-refractivity contribution < 1.29 is 9.53 Å². The molecule has 0 aliphatic heterocycles. The van der Waals surface area contributed by atoms with Gasteiger partial charge in [-0.1, -0.05) is 34.1 Å². The van der Waals surface area contributed by atoms with Crippen molar-refractivity contribution in [3.63, 3.8) is 0 Å². The zero-order valence-electron chi connectivity index (χ0n) is 11.4. The van der Waals surface area contributed by atoms with Crippen molar-refractivity contribution in [2.75, 3.05) is 5.32 Å². The normalized spacial score (nSPS) is 11.8. The van der Waals surface area contributed by atoms with Gasteiger partial charge in [0.2, 0.25) is 0 Å². The number of aryl methyl sites for hydroxylation is 1. The maximum atomic E-state index is 12.0. The number of hydrogen-bond donors (Lipinski definition) is 1. The number of para-hydroxylation sites is 1. The minimum Gasteiger partial charge on any atom is -0.481 e. The van der Waals surface area contributed by atoms with Crippen LogP contribution in [0.25, 0.3) is 0 Å². The number of rotatable bonds is 4. The number of nitrogens with one attached hydrogen (secondary N) is 1. The van der Waals surface area contributed by atoms with Gasteiger partial charge in [-0.3, -0.25) is 4.79 Å². The molecular formula is C16H16BrNO2. The monoisotopic (exact) mass is 333 g/mol. The van der Waals surface area contributed by atoms with E-state index in [0.29, 0.717) is 5.75 Å². The van der Waals surface area contributed by atoms with E-state index in [-0.39, 0.29) is 5.91 Å². The van der Waals surface area contributed by atoms with Crippen molar-refractivity contribution in [3.8, 4) is 5.75 Å². The average molecular weight is 334 g/mol. The third-order valence-electron chi connectivity index (χ3n) is 2.85. The van der Waals surface area contributed by atoms with E-state index in [2.05, 4.69) is 21.2 Å². The first-order chi connectivity index (χ1) is 9.56. The highest BCUT2D eigenvalue weighted by Gasteiger charge is 2.15. The first kappa shape index (κ1) is 14.6. The minimum absolute atomic E-state index is 0.170. The molecule has 0 radical (unpaired) electrons. The number of amides is 1. The van der Waals surface area contributed by atoms with Gasteiger partial charge in [-0.25, -0.2) is 0 Å². The topological polar surface area (TPSA) is 38.3 Å². The van der Waals surface area contributed by atoms with Crippen LogP contribution >= 0.6 is 15.9 Å². The highest BCUT2D eigenvalue weighted by atomic mass is 79.9. The summed E-state index contributed by atoms with van der Waals surface area (Å²) in [5, 5.41) is 2.81. The molecule has 2 aromatic rings. The number of ether oxygens (including phenoxy) is 1. The van der Waals surface area contributed by atoms with Gasteiger partial charge in [0.05, 0.1) is 0 Å². The van der Waals surface area contributed by atoms with E-state index in [1.54, 1.807) is 6.92 Å². The lowest BCUT2D eigenvalue weighted by atomic mass is 10.2. The summed E-state index contributed by atoms with van der Waals surface area (Å²) in [6.45, 7) is 3.71. The van der Waals surface area contributed by atoms with Crippen LogP contribution in [0.4, 0.5) is 5.69 Å². The second kappa shape index (κ2) is 6.57. The van der Waals surface area contributed by atoms with Crippen molar-refractivity contribution >= 4 is 27.5 Å². The molecule has 2 rings (SSSR count). The summed E-state index contributed by atoms with van der Waals surface area (Å²) < 4.78 is 6.67. The summed E-state index contributed by atoms with van der Waals surface area (Å²) in [6.07, 6.45) is -0.559. The van der Waals surface area contributed by atoms with E-state index >= 15 is 0 Å². The van der Waals surface area contributed by atoms with Crippen LogP contribution in [0.1, 0.15) is 12.5 Å². The predicted molar refractivity (Wildman–Crippen MR) is 84.0 cm³/mol. The van der Waals surface area contributed by atoms with Crippen LogP contribution in [-0.2, 0) is 4.79 Å². The Balaban J connectivity index is 1.98. The summed E-state index contributed by atoms with van der Waals surface area (Å²) in [5.74, 6) is 0.512. The molecule has 0 aromatic heterocycles. The third-order valence-corrected chi connectivity index (χ3v) is 3.74. The number of benzene rings is 2. The molecule has 0 fully saturated rings. The number of carbonyl (C=O) groups is 1. The zero-order chi connectivity index (χ0) is 14.5. The van der Waals surface area contributed by atoms with Gasteiger partial charge >= 0.3 is 0 Å². The second-order valence-corrected chi connectivity index (χ2v) is 5.38. The van der Waals surface area contributed by atoms with Crippen LogP contribution < -0.4 is 10.1 Å². The predicted octanol–water partition coefficient (Wildman–Crippen LogP) is 4.16. The summed E-state index contributed by atoms with van der Waals surface area (Å²) in [4.78, 5) is 12.0. The molecule has 0 bridgehead atoms. The van der Waals surface area contributed by atoms with Gasteiger partial charge in [0.25, 0.3) is 5.91 Å². The molecular weight excluding hydrogens is 318 g/mol. The Hall–Kier alpha value is -1.81. The van der Waals surface area contributed by atoms with Gasteiger partial charge in [0, 0.05) is 10.2 Å². The Bertz CT molecular complexity index is 599. The molecule has 0 saturated carbocycles. The Labute approximate surface area is 127 Å². The molecule has 0 saturated heterocycles. The number of halogens is 1. The Kier molecular flexibility index (Phi) is 4.79. The molecule has 1 N–H and O–H groups in total. The van der Waals surface area contributed by atoms with Gasteiger partial charge < -0.3 is 10.1 Å². The van der Waals surface area contributed by atoms with Crippen molar-refractivity contribution in [2.45, 2.75) is 20.0 Å². The van der Waals surface area contributed by atoms with Gasteiger partial charge in [-0.15, -0.1) is 0 Å². The van der Waals surface area contributed by atoms with Crippen LogP contribution in [0.2, 0.25) is 0 Å². The Morgan fingerprint density at radius 3 is 2.55 bits per heavy atom. The first-order valence-electron chi connectivity index (χ1n) is 6.35. The van der Waals surface area contributed by atoms with Gasteiger partial charge in [0.15, 0.2) is 6.10 Å². The first-order valence-corrected chi connectivity index (χ1v) is 7.14. The minimum atomic E-state index is -0.559. The smallest absolute Gasteiger partial charge is 0.265 e. The molecule has 0 aliphatic carbocycles. The SMILES string of the molecule is Cc1cc(OC(C)C(=O)Nc2ccccc2)ccc1Br. The van der Waals surface area contributed by atoms with Crippen LogP contribution in [-0.4, -0.2) is 12.0 Å². The van der Waals surface area contributed by atoms with Gasteiger partial charge in [-0.2, -0.15) is 0 Å². The summed E-state index contributed by atoms with van der Waals surface area (Å²) >= 11 is 3.43. The lowest BCUT2D eigenvalue weighted by Gasteiger charge is -2.15. The molecule has 1 atom stereocenters. The third kappa shape index (κ3) is 3.84. The fourth-order valence-electron chi connectivity index (χ4n) is 1.71. The molecule has 3 nitrogen and oxygen atoms in total. The van der Waals surface area contributed by atoms with Gasteiger partial charge in [-0.05, 0) is 49.7 Å². The molecule has 0 spiro atoms. The molecule has 20 heavy (non-hydrogen) atoms. The highest BCUT2D eigenvalue weighted by molar-refractivity contribution is 9.10. The molecule has 0 aliphatic rings. The van der Waals surface area contributed by atoms with Crippen molar-refractivity contribution in [3.05, 3.63) is 58.6 Å². The lowest BCUT2D eigenvalue weighted by Crippen LogP contribution is -2.30. The van der Waals surface area contributed by atoms with E-state index in [4.69, 9.17) is 4.74 Å². The average Bonchev–Trinajstić information content (AvgIpc) is 2.44. The van der Waals surface area contributed by atoms with E-state index < -0.39 is 6.10 Å². The van der Waals surface area contributed by atoms with Crippen molar-refractivity contribution in [1.29, 1.82) is 0 Å². The molecule has 104 valence electrons. The molecule has 1 amide bonds. The highest BCUT2D eigenvalue weighted by Crippen LogP contribution is 2.22. The fourth-order valence-corrected chi connectivity index (χ4v) is 1.96. The molecule has 1 unspecified atom stereocenters. The Morgan fingerprint density at radius 2 is 1.90 bits per heavy atom. The van der Waals surface area contributed by atoms with Gasteiger partial charge in [0.1, 0.15) is 5.75 Å². The number of carbonyl (C=O) groups excluding carboxylic acids is 1. The molecule has 0 heterocycles. The maximum absolute atomic E-state index is 12.0. The van der Waals surface area contributed by atoms with Crippen molar-refractivity contribution in [2.24, 2.45) is 0 Å². The standard InChI is InChI=1S/C16H16BrNO2/c1-11-10-14(8-9-15(11)17)20-12(2)16(19)18-13-6-4-3-5-7-13/h3-10,12H,1-2H3,(H,18,19). The van der Waals surface area contributed by atoms with E-state index in [1.165, 1.54) is 0 Å². The molecule has 4 heteroatoms. The van der Waals surface area contributed by atoms with Crippen molar-refractivity contribution in [1.82, 2.24) is 0 Å². The number of anilines is 1. The summed E-state index contributed by atoms with van der Waals surface area (Å²) in [6, 6.07) is 15.0.